The highest BCUT2D eigenvalue weighted by Gasteiger charge is 2.34. The number of nitrogens with zero attached hydrogens (tertiary/aromatic N) is 3. The summed E-state index contributed by atoms with van der Waals surface area (Å²) in [7, 11) is 0. The summed E-state index contributed by atoms with van der Waals surface area (Å²) in [4.78, 5) is 34.9. The minimum atomic E-state index is -2.59. The molecule has 3 rings (SSSR count). The van der Waals surface area contributed by atoms with Crippen LogP contribution in [0.3, 0.4) is 0 Å². The van der Waals surface area contributed by atoms with Crippen molar-refractivity contribution in [3.8, 4) is 5.88 Å². The molecule has 2 amide bonds. The van der Waals surface area contributed by atoms with Crippen molar-refractivity contribution in [1.29, 1.82) is 0 Å². The van der Waals surface area contributed by atoms with E-state index in [-0.39, 0.29) is 36.3 Å². The van der Waals surface area contributed by atoms with Gasteiger partial charge in [-0.3, -0.25) is 10.1 Å². The van der Waals surface area contributed by atoms with Gasteiger partial charge < -0.3 is 14.4 Å². The van der Waals surface area contributed by atoms with Gasteiger partial charge in [-0.2, -0.15) is 0 Å². The SMILES string of the molecule is Cc1cc(C(C)N2Cc3c(ccnc3NC(=O)OC(C)C)C2=O)cnc1OCC(F)F. The van der Waals surface area contributed by atoms with Gasteiger partial charge in [0, 0.05) is 29.1 Å². The first kappa shape index (κ1) is 22.4. The molecule has 0 radical (unpaired) electrons. The van der Waals surface area contributed by atoms with Crippen LogP contribution in [0, 0.1) is 6.92 Å². The number of fused-ring (bicyclic) bond motifs is 1. The number of aromatic nitrogens is 2. The topological polar surface area (TPSA) is 93.7 Å². The molecular weight excluding hydrogens is 410 g/mol. The van der Waals surface area contributed by atoms with Crippen LogP contribution in [0.4, 0.5) is 19.4 Å². The molecule has 0 spiro atoms. The Hall–Kier alpha value is -3.30. The maximum absolute atomic E-state index is 13.0. The lowest BCUT2D eigenvalue weighted by Crippen LogP contribution is -2.27. The first-order valence-electron chi connectivity index (χ1n) is 9.81. The van der Waals surface area contributed by atoms with Gasteiger partial charge in [0.1, 0.15) is 5.82 Å². The zero-order chi connectivity index (χ0) is 22.7. The summed E-state index contributed by atoms with van der Waals surface area (Å²) in [6, 6.07) is 3.01. The van der Waals surface area contributed by atoms with Gasteiger partial charge in [0.05, 0.1) is 18.7 Å². The number of carbonyl (C=O) groups excluding carboxylic acids is 2. The van der Waals surface area contributed by atoms with Gasteiger partial charge in [-0.05, 0) is 45.4 Å². The Bertz CT molecular complexity index is 984. The molecule has 166 valence electrons. The smallest absolute Gasteiger partial charge is 0.413 e. The second-order valence-electron chi connectivity index (χ2n) is 7.47. The summed E-state index contributed by atoms with van der Waals surface area (Å²) in [5.41, 5.74) is 2.37. The van der Waals surface area contributed by atoms with Gasteiger partial charge in [-0.1, -0.05) is 0 Å². The molecule has 1 aliphatic rings. The van der Waals surface area contributed by atoms with Gasteiger partial charge in [0.25, 0.3) is 12.3 Å². The lowest BCUT2D eigenvalue weighted by atomic mass is 10.1. The summed E-state index contributed by atoms with van der Waals surface area (Å²) in [6.45, 7) is 6.52. The molecule has 10 heteroatoms. The number of hydrogen-bond donors (Lipinski definition) is 1. The zero-order valence-electron chi connectivity index (χ0n) is 17.7. The number of rotatable bonds is 7. The molecule has 8 nitrogen and oxygen atoms in total. The van der Waals surface area contributed by atoms with Crippen LogP contribution in [-0.4, -0.2) is 46.0 Å². The van der Waals surface area contributed by atoms with Gasteiger partial charge in [-0.25, -0.2) is 23.5 Å². The second kappa shape index (κ2) is 9.23. The molecule has 1 aliphatic heterocycles. The van der Waals surface area contributed by atoms with Crippen LogP contribution in [0.25, 0.3) is 0 Å². The van der Waals surface area contributed by atoms with Crippen molar-refractivity contribution in [2.45, 2.75) is 52.8 Å². The fraction of sp³-hybridized carbons (Fsp3) is 0.429. The first-order valence-corrected chi connectivity index (χ1v) is 9.81. The Balaban J connectivity index is 1.78. The van der Waals surface area contributed by atoms with E-state index in [0.29, 0.717) is 16.7 Å². The Morgan fingerprint density at radius 3 is 2.68 bits per heavy atom. The van der Waals surface area contributed by atoms with Gasteiger partial charge >= 0.3 is 6.09 Å². The highest BCUT2D eigenvalue weighted by atomic mass is 19.3. The van der Waals surface area contributed by atoms with Crippen molar-refractivity contribution < 1.29 is 27.8 Å². The minimum Gasteiger partial charge on any atom is -0.471 e. The highest BCUT2D eigenvalue weighted by Crippen LogP contribution is 2.34. The Morgan fingerprint density at radius 1 is 1.29 bits per heavy atom. The summed E-state index contributed by atoms with van der Waals surface area (Å²) in [5, 5.41) is 2.59. The van der Waals surface area contributed by atoms with E-state index in [1.54, 1.807) is 37.8 Å². The maximum Gasteiger partial charge on any atom is 0.413 e. The fourth-order valence-electron chi connectivity index (χ4n) is 3.30. The molecule has 0 aliphatic carbocycles. The Labute approximate surface area is 178 Å². The lowest BCUT2D eigenvalue weighted by molar-refractivity contribution is 0.0713. The van der Waals surface area contributed by atoms with E-state index in [9.17, 15) is 18.4 Å². The van der Waals surface area contributed by atoms with Gasteiger partial charge in [0.15, 0.2) is 6.61 Å². The van der Waals surface area contributed by atoms with E-state index >= 15 is 0 Å². The van der Waals surface area contributed by atoms with Crippen LogP contribution in [-0.2, 0) is 11.3 Å². The number of hydrogen-bond acceptors (Lipinski definition) is 6. The average molecular weight is 434 g/mol. The van der Waals surface area contributed by atoms with Crippen molar-refractivity contribution in [2.24, 2.45) is 0 Å². The quantitative estimate of drug-likeness (QED) is 0.705. The summed E-state index contributed by atoms with van der Waals surface area (Å²) in [6.07, 6.45) is -0.565. The molecule has 0 fully saturated rings. The molecule has 0 saturated heterocycles. The lowest BCUT2D eigenvalue weighted by Gasteiger charge is -2.25. The van der Waals surface area contributed by atoms with Gasteiger partial charge in [0.2, 0.25) is 5.88 Å². The fourth-order valence-corrected chi connectivity index (χ4v) is 3.30. The largest absolute Gasteiger partial charge is 0.471 e. The summed E-state index contributed by atoms with van der Waals surface area (Å²) in [5.74, 6) is 0.198. The molecule has 1 atom stereocenters. The number of nitrogens with one attached hydrogen (secondary N) is 1. The Morgan fingerprint density at radius 2 is 2.03 bits per heavy atom. The normalized spacial score (nSPS) is 14.1. The highest BCUT2D eigenvalue weighted by molar-refractivity contribution is 6.01. The molecule has 1 unspecified atom stereocenters. The molecule has 0 aromatic carbocycles. The molecule has 0 saturated carbocycles. The number of aryl methyl sites for hydroxylation is 1. The van der Waals surface area contributed by atoms with E-state index in [0.717, 1.165) is 5.56 Å². The maximum atomic E-state index is 13.0. The summed E-state index contributed by atoms with van der Waals surface area (Å²) >= 11 is 0. The van der Waals surface area contributed by atoms with E-state index in [1.165, 1.54) is 12.4 Å². The number of alkyl halides is 2. The predicted octanol–water partition coefficient (Wildman–Crippen LogP) is 4.10. The van der Waals surface area contributed by atoms with Crippen molar-refractivity contribution in [3.05, 3.63) is 46.8 Å². The number of carbonyl (C=O) groups is 2. The summed E-state index contributed by atoms with van der Waals surface area (Å²) < 4.78 is 34.8. The van der Waals surface area contributed by atoms with Crippen LogP contribution < -0.4 is 10.1 Å². The van der Waals surface area contributed by atoms with Crippen molar-refractivity contribution >= 4 is 17.8 Å². The van der Waals surface area contributed by atoms with E-state index in [2.05, 4.69) is 15.3 Å². The molecule has 2 aromatic rings. The van der Waals surface area contributed by atoms with Crippen LogP contribution in [0.2, 0.25) is 0 Å². The third kappa shape index (κ3) is 5.07. The Kier molecular flexibility index (Phi) is 6.67. The second-order valence-corrected chi connectivity index (χ2v) is 7.47. The van der Waals surface area contributed by atoms with Crippen LogP contribution >= 0.6 is 0 Å². The monoisotopic (exact) mass is 434 g/mol. The van der Waals surface area contributed by atoms with Crippen molar-refractivity contribution in [2.75, 3.05) is 11.9 Å². The predicted molar refractivity (Wildman–Crippen MR) is 108 cm³/mol. The third-order valence-electron chi connectivity index (χ3n) is 4.79. The number of pyridine rings is 2. The number of halogens is 2. The van der Waals surface area contributed by atoms with Gasteiger partial charge in [-0.15, -0.1) is 0 Å². The van der Waals surface area contributed by atoms with E-state index < -0.39 is 19.1 Å². The molecule has 0 bridgehead atoms. The molecule has 3 heterocycles. The molecule has 1 N–H and O–H groups in total. The number of ether oxygens (including phenoxy) is 2. The average Bonchev–Trinajstić information content (AvgIpc) is 3.03. The van der Waals surface area contributed by atoms with Crippen LogP contribution in [0.1, 0.15) is 53.9 Å². The number of anilines is 1. The van der Waals surface area contributed by atoms with Crippen molar-refractivity contribution in [3.63, 3.8) is 0 Å². The molecule has 31 heavy (non-hydrogen) atoms. The van der Waals surface area contributed by atoms with E-state index in [4.69, 9.17) is 9.47 Å². The number of amides is 2. The molecular formula is C21H24F2N4O4. The first-order chi connectivity index (χ1) is 14.7. The third-order valence-corrected chi connectivity index (χ3v) is 4.79. The van der Waals surface area contributed by atoms with Crippen LogP contribution in [0.15, 0.2) is 24.5 Å². The molecule has 2 aromatic heterocycles. The van der Waals surface area contributed by atoms with Crippen LogP contribution in [0.5, 0.6) is 5.88 Å². The standard InChI is InChI=1S/C21H24F2N4O4/c1-11(2)31-21(29)26-18-16-9-27(20(28)15(16)5-6-24-18)13(4)14-7-12(3)19(25-8-14)30-10-17(22)23/h5-8,11,13,17H,9-10H2,1-4H3,(H,24,26,29). The van der Waals surface area contributed by atoms with E-state index in [1.807, 2.05) is 6.92 Å². The van der Waals surface area contributed by atoms with Crippen molar-refractivity contribution in [1.82, 2.24) is 14.9 Å². The zero-order valence-corrected chi connectivity index (χ0v) is 17.7. The minimum absolute atomic E-state index is 0.131.